The van der Waals surface area contributed by atoms with Gasteiger partial charge in [-0.1, -0.05) is 99.9 Å². The standard InChI is InChI=1S/C17H9Cl6N3/c18-16(19,20)14-24-13(25-15(26-14)17(21,22)23)11-7-6-9-5-4-8-2-1-3-10(11)12(8)9/h1-3,6-7H,4-5H2. The Hall–Kier alpha value is -0.550. The molecule has 0 saturated carbocycles. The van der Waals surface area contributed by atoms with E-state index < -0.39 is 7.59 Å². The monoisotopic (exact) mass is 465 g/mol. The van der Waals surface area contributed by atoms with Gasteiger partial charge in [0.1, 0.15) is 0 Å². The van der Waals surface area contributed by atoms with Gasteiger partial charge in [0.15, 0.2) is 17.5 Å². The highest BCUT2D eigenvalue weighted by atomic mass is 35.6. The summed E-state index contributed by atoms with van der Waals surface area (Å²) in [4.78, 5) is 12.7. The van der Waals surface area contributed by atoms with Gasteiger partial charge in [-0.3, -0.25) is 0 Å². The molecule has 1 aromatic heterocycles. The second-order valence-corrected chi connectivity index (χ2v) is 10.5. The van der Waals surface area contributed by atoms with Crippen LogP contribution in [0.5, 0.6) is 0 Å². The van der Waals surface area contributed by atoms with E-state index in [4.69, 9.17) is 69.6 Å². The maximum atomic E-state index is 5.97. The van der Waals surface area contributed by atoms with Gasteiger partial charge in [0, 0.05) is 5.56 Å². The van der Waals surface area contributed by atoms with E-state index in [1.54, 1.807) is 0 Å². The minimum absolute atomic E-state index is 0.0999. The predicted octanol–water partition coefficient (Wildman–Crippen LogP) is 6.44. The number of rotatable bonds is 1. The summed E-state index contributed by atoms with van der Waals surface area (Å²) in [5.41, 5.74) is 3.34. The highest BCUT2D eigenvalue weighted by Crippen LogP contribution is 2.42. The highest BCUT2D eigenvalue weighted by Gasteiger charge is 2.34. The molecule has 0 unspecified atom stereocenters. The van der Waals surface area contributed by atoms with E-state index in [9.17, 15) is 0 Å². The fraction of sp³-hybridized carbons (Fsp3) is 0.235. The van der Waals surface area contributed by atoms with E-state index in [0.29, 0.717) is 5.82 Å². The first-order chi connectivity index (χ1) is 12.1. The van der Waals surface area contributed by atoms with Crippen LogP contribution in [0.15, 0.2) is 30.3 Å². The second kappa shape index (κ2) is 6.51. The molecule has 4 rings (SSSR count). The molecule has 0 bridgehead atoms. The molecule has 0 radical (unpaired) electrons. The van der Waals surface area contributed by atoms with Crippen molar-refractivity contribution in [2.24, 2.45) is 0 Å². The van der Waals surface area contributed by atoms with E-state index in [1.807, 2.05) is 18.2 Å². The number of nitrogens with zero attached hydrogens (tertiary/aromatic N) is 3. The van der Waals surface area contributed by atoms with Gasteiger partial charge in [-0.15, -0.1) is 0 Å². The number of halogens is 6. The zero-order valence-corrected chi connectivity index (χ0v) is 17.4. The van der Waals surface area contributed by atoms with E-state index in [-0.39, 0.29) is 11.6 Å². The van der Waals surface area contributed by atoms with E-state index in [0.717, 1.165) is 23.8 Å². The van der Waals surface area contributed by atoms with Crippen molar-refractivity contribution in [2.75, 3.05) is 0 Å². The van der Waals surface area contributed by atoms with Crippen molar-refractivity contribution < 1.29 is 0 Å². The third kappa shape index (κ3) is 3.34. The van der Waals surface area contributed by atoms with Crippen molar-refractivity contribution >= 4 is 80.4 Å². The Balaban J connectivity index is 2.01. The van der Waals surface area contributed by atoms with Crippen LogP contribution in [0, 0.1) is 0 Å². The molecule has 0 fully saturated rings. The molecular weight excluding hydrogens is 459 g/mol. The first-order valence-electron chi connectivity index (χ1n) is 7.59. The van der Waals surface area contributed by atoms with E-state index in [1.165, 1.54) is 16.5 Å². The molecule has 0 spiro atoms. The molecule has 1 aliphatic carbocycles. The summed E-state index contributed by atoms with van der Waals surface area (Å²) in [7, 11) is 0. The Bertz CT molecular complexity index is 981. The summed E-state index contributed by atoms with van der Waals surface area (Å²) >= 11 is 35.8. The van der Waals surface area contributed by atoms with Crippen LogP contribution in [-0.2, 0) is 20.4 Å². The third-order valence-corrected chi connectivity index (χ3v) is 5.27. The quantitative estimate of drug-likeness (QED) is 0.386. The molecule has 26 heavy (non-hydrogen) atoms. The predicted molar refractivity (Wildman–Crippen MR) is 109 cm³/mol. The lowest BCUT2D eigenvalue weighted by molar-refractivity contribution is 0.852. The Labute approximate surface area is 179 Å². The Morgan fingerprint density at radius 2 is 1.27 bits per heavy atom. The van der Waals surface area contributed by atoms with Crippen LogP contribution in [0.2, 0.25) is 0 Å². The van der Waals surface area contributed by atoms with Crippen molar-refractivity contribution in [2.45, 2.75) is 20.4 Å². The molecule has 0 N–H and O–H groups in total. The minimum atomic E-state index is -1.88. The zero-order chi connectivity index (χ0) is 18.7. The normalized spacial score (nSPS) is 14.2. The topological polar surface area (TPSA) is 38.7 Å². The number of alkyl halides is 6. The van der Waals surface area contributed by atoms with Crippen molar-refractivity contribution in [3.63, 3.8) is 0 Å². The summed E-state index contributed by atoms with van der Waals surface area (Å²) in [6.07, 6.45) is 2.01. The average molecular weight is 468 g/mol. The summed E-state index contributed by atoms with van der Waals surface area (Å²) in [6.45, 7) is 0. The highest BCUT2D eigenvalue weighted by molar-refractivity contribution is 6.67. The molecular formula is C17H9Cl6N3. The molecule has 1 heterocycles. The van der Waals surface area contributed by atoms with E-state index >= 15 is 0 Å². The van der Waals surface area contributed by atoms with Gasteiger partial charge in [0.25, 0.3) is 0 Å². The van der Waals surface area contributed by atoms with Crippen molar-refractivity contribution in [1.29, 1.82) is 0 Å². The molecule has 3 nitrogen and oxygen atoms in total. The first kappa shape index (κ1) is 18.8. The van der Waals surface area contributed by atoms with Crippen molar-refractivity contribution in [1.82, 2.24) is 15.0 Å². The van der Waals surface area contributed by atoms with Crippen LogP contribution < -0.4 is 0 Å². The fourth-order valence-electron chi connectivity index (χ4n) is 3.19. The molecule has 0 atom stereocenters. The molecule has 0 aliphatic heterocycles. The van der Waals surface area contributed by atoms with Crippen molar-refractivity contribution in [3.8, 4) is 11.4 Å². The van der Waals surface area contributed by atoms with Gasteiger partial charge >= 0.3 is 0 Å². The number of aryl methyl sites for hydroxylation is 2. The van der Waals surface area contributed by atoms with Gasteiger partial charge in [-0.25, -0.2) is 15.0 Å². The van der Waals surface area contributed by atoms with Crippen molar-refractivity contribution in [3.05, 3.63) is 53.1 Å². The molecule has 0 saturated heterocycles. The summed E-state index contributed by atoms with van der Waals surface area (Å²) in [6, 6.07) is 10.1. The van der Waals surface area contributed by atoms with Crippen LogP contribution in [0.3, 0.4) is 0 Å². The maximum absolute atomic E-state index is 5.97. The van der Waals surface area contributed by atoms with Crippen LogP contribution in [0.1, 0.15) is 22.8 Å². The minimum Gasteiger partial charge on any atom is -0.209 e. The Morgan fingerprint density at radius 1 is 0.692 bits per heavy atom. The SMILES string of the molecule is ClC(Cl)(Cl)c1nc(-c2ccc3c4c(cccc24)CC3)nc(C(Cl)(Cl)Cl)n1. The fourth-order valence-corrected chi connectivity index (χ4v) is 3.70. The molecule has 2 aromatic carbocycles. The Morgan fingerprint density at radius 3 is 1.85 bits per heavy atom. The van der Waals surface area contributed by atoms with Crippen LogP contribution in [-0.4, -0.2) is 15.0 Å². The molecule has 9 heteroatoms. The van der Waals surface area contributed by atoms with Crippen LogP contribution in [0.25, 0.3) is 22.2 Å². The van der Waals surface area contributed by atoms with Gasteiger partial charge in [0.05, 0.1) is 0 Å². The largest absolute Gasteiger partial charge is 0.250 e. The Kier molecular flexibility index (Phi) is 4.71. The van der Waals surface area contributed by atoms with Gasteiger partial charge in [-0.2, -0.15) is 0 Å². The second-order valence-electron chi connectivity index (χ2n) is 5.91. The molecule has 3 aromatic rings. The average Bonchev–Trinajstić information content (AvgIpc) is 2.98. The lowest BCUT2D eigenvalue weighted by Crippen LogP contribution is -2.16. The lowest BCUT2D eigenvalue weighted by Gasteiger charge is -2.16. The number of aromatic nitrogens is 3. The molecule has 0 amide bonds. The van der Waals surface area contributed by atoms with Crippen LogP contribution >= 0.6 is 69.6 Å². The van der Waals surface area contributed by atoms with Gasteiger partial charge in [0.2, 0.25) is 7.59 Å². The smallest absolute Gasteiger partial charge is 0.209 e. The maximum Gasteiger partial charge on any atom is 0.250 e. The van der Waals surface area contributed by atoms with Gasteiger partial charge < -0.3 is 0 Å². The lowest BCUT2D eigenvalue weighted by atomic mass is 9.99. The number of hydrogen-bond donors (Lipinski definition) is 0. The number of benzene rings is 2. The number of hydrogen-bond acceptors (Lipinski definition) is 3. The zero-order valence-electron chi connectivity index (χ0n) is 12.9. The summed E-state index contributed by atoms with van der Waals surface area (Å²) < 4.78 is -3.76. The van der Waals surface area contributed by atoms with Gasteiger partial charge in [-0.05, 0) is 34.7 Å². The van der Waals surface area contributed by atoms with E-state index in [2.05, 4.69) is 27.1 Å². The van der Waals surface area contributed by atoms with Crippen LogP contribution in [0.4, 0.5) is 0 Å². The summed E-state index contributed by atoms with van der Waals surface area (Å²) in [5, 5.41) is 2.21. The third-order valence-electron chi connectivity index (χ3n) is 4.26. The summed E-state index contributed by atoms with van der Waals surface area (Å²) in [5.74, 6) is 0.0902. The first-order valence-corrected chi connectivity index (χ1v) is 9.86. The molecule has 134 valence electrons. The molecule has 1 aliphatic rings.